The molecule has 0 aliphatic heterocycles. The highest BCUT2D eigenvalue weighted by molar-refractivity contribution is 5.87. The Morgan fingerprint density at radius 2 is 1.95 bits per heavy atom. The lowest BCUT2D eigenvalue weighted by molar-refractivity contribution is -0.136. The van der Waals surface area contributed by atoms with Gasteiger partial charge in [-0.15, -0.1) is 0 Å². The van der Waals surface area contributed by atoms with Gasteiger partial charge in [-0.25, -0.2) is 4.39 Å². The molecule has 0 heterocycles. The van der Waals surface area contributed by atoms with Gasteiger partial charge in [-0.3, -0.25) is 4.79 Å². The third-order valence-corrected chi connectivity index (χ3v) is 3.29. The van der Waals surface area contributed by atoms with Crippen LogP contribution in [-0.2, 0) is 14.9 Å². The summed E-state index contributed by atoms with van der Waals surface area (Å²) in [5, 5.41) is 9.67. The second kappa shape index (κ2) is 6.81. The lowest BCUT2D eigenvalue weighted by Gasteiger charge is -2.31. The molecule has 1 rings (SSSR count). The molecule has 1 aromatic carbocycles. The van der Waals surface area contributed by atoms with Gasteiger partial charge in [-0.1, -0.05) is 12.1 Å². The van der Waals surface area contributed by atoms with Crippen LogP contribution in [0.4, 0.5) is 4.39 Å². The Balaban J connectivity index is 2.80. The van der Waals surface area contributed by atoms with Gasteiger partial charge < -0.3 is 14.7 Å². The van der Waals surface area contributed by atoms with Gasteiger partial charge in [0.05, 0.1) is 18.1 Å². The van der Waals surface area contributed by atoms with E-state index in [0.717, 1.165) is 5.56 Å². The number of hydrogen-bond donors (Lipinski definition) is 1. The van der Waals surface area contributed by atoms with Gasteiger partial charge in [0.25, 0.3) is 0 Å². The lowest BCUT2D eigenvalue weighted by Crippen LogP contribution is -2.45. The van der Waals surface area contributed by atoms with Crippen LogP contribution in [0.2, 0.25) is 0 Å². The zero-order valence-corrected chi connectivity index (χ0v) is 12.4. The molecule has 112 valence electrons. The third kappa shape index (κ3) is 4.02. The average molecular weight is 283 g/mol. The Kier molecular flexibility index (Phi) is 5.65. The number of methoxy groups -OCH3 is 1. The number of ether oxygens (including phenoxy) is 1. The molecule has 1 N–H and O–H groups in total. The maximum absolute atomic E-state index is 12.9. The Morgan fingerprint density at radius 1 is 1.40 bits per heavy atom. The predicted molar refractivity (Wildman–Crippen MR) is 74.9 cm³/mol. The summed E-state index contributed by atoms with van der Waals surface area (Å²) in [4.78, 5) is 13.9. The summed E-state index contributed by atoms with van der Waals surface area (Å²) in [5.74, 6) is -0.472. The number of halogens is 1. The normalized spacial score (nSPS) is 13.1. The Labute approximate surface area is 119 Å². The van der Waals surface area contributed by atoms with Crippen molar-refractivity contribution in [3.05, 3.63) is 35.6 Å². The summed E-state index contributed by atoms with van der Waals surface area (Å²) in [5.41, 5.74) is -0.0492. The fourth-order valence-corrected chi connectivity index (χ4v) is 2.11. The van der Waals surface area contributed by atoms with E-state index in [1.807, 2.05) is 0 Å². The van der Waals surface area contributed by atoms with E-state index in [-0.39, 0.29) is 24.9 Å². The highest BCUT2D eigenvalue weighted by atomic mass is 19.1. The van der Waals surface area contributed by atoms with Crippen LogP contribution in [0.5, 0.6) is 0 Å². The van der Waals surface area contributed by atoms with E-state index in [4.69, 9.17) is 4.74 Å². The predicted octanol–water partition coefficient (Wildman–Crippen LogP) is 1.57. The second-order valence-corrected chi connectivity index (χ2v) is 5.43. The fraction of sp³-hybridized carbons (Fsp3) is 0.533. The van der Waals surface area contributed by atoms with Crippen molar-refractivity contribution in [3.8, 4) is 0 Å². The molecule has 0 aliphatic carbocycles. The van der Waals surface area contributed by atoms with Gasteiger partial charge in [-0.05, 0) is 31.5 Å². The largest absolute Gasteiger partial charge is 0.389 e. The van der Waals surface area contributed by atoms with Crippen molar-refractivity contribution >= 4 is 5.91 Å². The second-order valence-electron chi connectivity index (χ2n) is 5.43. The minimum Gasteiger partial charge on any atom is -0.389 e. The topological polar surface area (TPSA) is 49.8 Å². The van der Waals surface area contributed by atoms with Crippen molar-refractivity contribution in [2.75, 3.05) is 27.3 Å². The number of aliphatic hydroxyl groups is 1. The first-order valence-corrected chi connectivity index (χ1v) is 6.47. The number of hydrogen-bond acceptors (Lipinski definition) is 3. The van der Waals surface area contributed by atoms with Gasteiger partial charge in [0.2, 0.25) is 5.91 Å². The molecule has 4 nitrogen and oxygen atoms in total. The molecule has 0 saturated heterocycles. The summed E-state index contributed by atoms with van der Waals surface area (Å²) in [6, 6.07) is 5.88. The first-order valence-electron chi connectivity index (χ1n) is 6.47. The van der Waals surface area contributed by atoms with E-state index in [1.54, 1.807) is 33.0 Å². The molecule has 0 saturated carbocycles. The molecule has 1 aromatic rings. The van der Waals surface area contributed by atoms with E-state index in [2.05, 4.69) is 0 Å². The number of carbonyl (C=O) groups excluding carboxylic acids is 1. The summed E-state index contributed by atoms with van der Waals surface area (Å²) in [6.07, 6.45) is -0.724. The number of nitrogens with zero attached hydrogens (tertiary/aromatic N) is 1. The quantitative estimate of drug-likeness (QED) is 0.862. The summed E-state index contributed by atoms with van der Waals surface area (Å²) in [6.45, 7) is 3.93. The SMILES string of the molecule is COCC(O)CN(C)C(=O)C(C)(C)c1ccc(F)cc1. The van der Waals surface area contributed by atoms with Gasteiger partial charge >= 0.3 is 0 Å². The maximum Gasteiger partial charge on any atom is 0.232 e. The maximum atomic E-state index is 12.9. The molecule has 0 fully saturated rings. The van der Waals surface area contributed by atoms with Gasteiger partial charge in [0.1, 0.15) is 5.82 Å². The van der Waals surface area contributed by atoms with Gasteiger partial charge in [0.15, 0.2) is 0 Å². The molecule has 0 aromatic heterocycles. The van der Waals surface area contributed by atoms with Crippen LogP contribution in [0.1, 0.15) is 19.4 Å². The van der Waals surface area contributed by atoms with Gasteiger partial charge in [0, 0.05) is 20.7 Å². The molecule has 0 radical (unpaired) electrons. The van der Waals surface area contributed by atoms with Crippen LogP contribution < -0.4 is 0 Å². The first kappa shape index (κ1) is 16.6. The van der Waals surface area contributed by atoms with Crippen LogP contribution in [0.25, 0.3) is 0 Å². The zero-order chi connectivity index (χ0) is 15.3. The number of aliphatic hydroxyl groups excluding tert-OH is 1. The molecule has 1 amide bonds. The minimum atomic E-state index is -0.782. The first-order chi connectivity index (χ1) is 9.28. The van der Waals surface area contributed by atoms with Crippen LogP contribution >= 0.6 is 0 Å². The number of likely N-dealkylation sites (N-methyl/N-ethyl adjacent to an activating group) is 1. The van der Waals surface area contributed by atoms with Crippen LogP contribution in [0.15, 0.2) is 24.3 Å². The van der Waals surface area contributed by atoms with Crippen molar-refractivity contribution in [2.45, 2.75) is 25.4 Å². The fourth-order valence-electron chi connectivity index (χ4n) is 2.11. The van der Waals surface area contributed by atoms with E-state index >= 15 is 0 Å². The highest BCUT2D eigenvalue weighted by Crippen LogP contribution is 2.25. The zero-order valence-electron chi connectivity index (χ0n) is 12.4. The summed E-state index contributed by atoms with van der Waals surface area (Å²) >= 11 is 0. The monoisotopic (exact) mass is 283 g/mol. The molecule has 0 bridgehead atoms. The standard InChI is InChI=1S/C15H22FNO3/c1-15(2,11-5-7-12(16)8-6-11)14(19)17(3)9-13(18)10-20-4/h5-8,13,18H,9-10H2,1-4H3. The van der Waals surface area contributed by atoms with E-state index in [1.165, 1.54) is 24.1 Å². The van der Waals surface area contributed by atoms with Crippen molar-refractivity contribution in [2.24, 2.45) is 0 Å². The lowest BCUT2D eigenvalue weighted by atomic mass is 9.83. The Hall–Kier alpha value is -1.46. The minimum absolute atomic E-state index is 0.140. The molecule has 20 heavy (non-hydrogen) atoms. The molecule has 1 atom stereocenters. The Bertz CT molecular complexity index is 445. The number of carbonyl (C=O) groups is 1. The van der Waals surface area contributed by atoms with Crippen molar-refractivity contribution in [1.82, 2.24) is 4.90 Å². The summed E-state index contributed by atoms with van der Waals surface area (Å²) in [7, 11) is 3.12. The van der Waals surface area contributed by atoms with E-state index in [0.29, 0.717) is 0 Å². The molecular formula is C15H22FNO3. The van der Waals surface area contributed by atoms with Crippen molar-refractivity contribution < 1.29 is 19.0 Å². The van der Waals surface area contributed by atoms with E-state index < -0.39 is 11.5 Å². The smallest absolute Gasteiger partial charge is 0.232 e. The highest BCUT2D eigenvalue weighted by Gasteiger charge is 2.32. The van der Waals surface area contributed by atoms with Crippen LogP contribution in [0, 0.1) is 5.82 Å². The molecule has 1 unspecified atom stereocenters. The summed E-state index contributed by atoms with van der Waals surface area (Å²) < 4.78 is 17.8. The van der Waals surface area contributed by atoms with Gasteiger partial charge in [-0.2, -0.15) is 0 Å². The molecular weight excluding hydrogens is 261 g/mol. The number of benzene rings is 1. The Morgan fingerprint density at radius 3 is 2.45 bits per heavy atom. The average Bonchev–Trinajstić information content (AvgIpc) is 2.38. The molecule has 0 aliphatic rings. The van der Waals surface area contributed by atoms with Crippen molar-refractivity contribution in [3.63, 3.8) is 0 Å². The van der Waals surface area contributed by atoms with Crippen LogP contribution in [0.3, 0.4) is 0 Å². The van der Waals surface area contributed by atoms with Crippen LogP contribution in [-0.4, -0.2) is 49.3 Å². The molecule has 0 spiro atoms. The molecule has 5 heteroatoms. The number of rotatable bonds is 6. The number of amides is 1. The van der Waals surface area contributed by atoms with Crippen molar-refractivity contribution in [1.29, 1.82) is 0 Å². The third-order valence-electron chi connectivity index (χ3n) is 3.29. The van der Waals surface area contributed by atoms with E-state index in [9.17, 15) is 14.3 Å².